The molecule has 1 aromatic carbocycles. The molecule has 98 valence electrons. The fourth-order valence-corrected chi connectivity index (χ4v) is 3.71. The summed E-state index contributed by atoms with van der Waals surface area (Å²) in [7, 11) is 0. The van der Waals surface area contributed by atoms with Crippen LogP contribution < -0.4 is 5.32 Å². The Morgan fingerprint density at radius 1 is 1.50 bits per heavy atom. The van der Waals surface area contributed by atoms with Crippen molar-refractivity contribution in [2.45, 2.75) is 31.4 Å². The zero-order valence-corrected chi connectivity index (χ0v) is 12.9. The quantitative estimate of drug-likeness (QED) is 0.915. The number of carbonyl (C=O) groups is 1. The number of benzene rings is 1. The topological polar surface area (TPSA) is 29.1 Å². The zero-order chi connectivity index (χ0) is 13.0. The van der Waals surface area contributed by atoms with Crippen molar-refractivity contribution in [2.24, 2.45) is 0 Å². The second-order valence-electron chi connectivity index (χ2n) is 4.66. The number of amides is 1. The van der Waals surface area contributed by atoms with Crippen LogP contribution in [0.3, 0.4) is 0 Å². The molecule has 0 saturated carbocycles. The van der Waals surface area contributed by atoms with E-state index in [1.165, 1.54) is 25.0 Å². The van der Waals surface area contributed by atoms with E-state index in [0.29, 0.717) is 5.25 Å². The fourth-order valence-electron chi connectivity index (χ4n) is 2.11. The molecule has 1 aliphatic heterocycles. The lowest BCUT2D eigenvalue weighted by atomic mass is 10.1. The highest BCUT2D eigenvalue weighted by atomic mass is 79.9. The summed E-state index contributed by atoms with van der Waals surface area (Å²) in [4.78, 5) is 12.1. The van der Waals surface area contributed by atoms with Crippen LogP contribution in [0.25, 0.3) is 0 Å². The third kappa shape index (κ3) is 3.75. The van der Waals surface area contributed by atoms with E-state index < -0.39 is 0 Å². The van der Waals surface area contributed by atoms with E-state index in [0.717, 1.165) is 22.1 Å². The summed E-state index contributed by atoms with van der Waals surface area (Å²) in [6.07, 6.45) is 3.84. The summed E-state index contributed by atoms with van der Waals surface area (Å²) in [5.41, 5.74) is 1.79. The van der Waals surface area contributed by atoms with Crippen LogP contribution in [-0.2, 0) is 0 Å². The van der Waals surface area contributed by atoms with Crippen molar-refractivity contribution in [3.8, 4) is 0 Å². The van der Waals surface area contributed by atoms with Crippen molar-refractivity contribution in [2.75, 3.05) is 12.3 Å². The molecule has 2 rings (SSSR count). The molecule has 1 heterocycles. The number of nitrogens with one attached hydrogen (secondary N) is 1. The number of thioether (sulfide) groups is 1. The second kappa shape index (κ2) is 6.62. The number of halogens is 1. The first-order valence-corrected chi connectivity index (χ1v) is 8.17. The minimum absolute atomic E-state index is 0.0416. The summed E-state index contributed by atoms with van der Waals surface area (Å²) < 4.78 is 0.949. The molecular formula is C14H18BrNOS. The number of rotatable bonds is 3. The average Bonchev–Trinajstić information content (AvgIpc) is 2.40. The van der Waals surface area contributed by atoms with Gasteiger partial charge in [0, 0.05) is 21.8 Å². The van der Waals surface area contributed by atoms with Crippen molar-refractivity contribution in [3.63, 3.8) is 0 Å². The summed E-state index contributed by atoms with van der Waals surface area (Å²) in [5, 5.41) is 3.65. The van der Waals surface area contributed by atoms with Crippen molar-refractivity contribution in [3.05, 3.63) is 33.8 Å². The maximum absolute atomic E-state index is 12.1. The van der Waals surface area contributed by atoms with Gasteiger partial charge in [-0.25, -0.2) is 0 Å². The summed E-state index contributed by atoms with van der Waals surface area (Å²) >= 11 is 5.39. The van der Waals surface area contributed by atoms with Crippen LogP contribution in [0, 0.1) is 6.92 Å². The predicted octanol–water partition coefficient (Wildman–Crippen LogP) is 3.77. The van der Waals surface area contributed by atoms with Crippen LogP contribution in [0.5, 0.6) is 0 Å². The molecule has 1 atom stereocenters. The SMILES string of the molecule is Cc1ccc(Br)cc1C(=O)NCC1CCCCS1. The standard InChI is InChI=1S/C14H18BrNOS/c1-10-5-6-11(15)8-13(10)14(17)16-9-12-4-2-3-7-18-12/h5-6,8,12H,2-4,7,9H2,1H3,(H,16,17). The molecule has 1 N–H and O–H groups in total. The maximum Gasteiger partial charge on any atom is 0.251 e. The molecule has 0 spiro atoms. The first kappa shape index (κ1) is 13.9. The van der Waals surface area contributed by atoms with Crippen LogP contribution in [0.4, 0.5) is 0 Å². The smallest absolute Gasteiger partial charge is 0.251 e. The van der Waals surface area contributed by atoms with Gasteiger partial charge < -0.3 is 5.32 Å². The first-order valence-electron chi connectivity index (χ1n) is 6.33. The molecule has 1 aromatic rings. The molecule has 18 heavy (non-hydrogen) atoms. The molecule has 1 fully saturated rings. The molecular weight excluding hydrogens is 310 g/mol. The third-order valence-electron chi connectivity index (χ3n) is 3.21. The number of hydrogen-bond acceptors (Lipinski definition) is 2. The van der Waals surface area contributed by atoms with Crippen molar-refractivity contribution < 1.29 is 4.79 Å². The van der Waals surface area contributed by atoms with E-state index in [2.05, 4.69) is 21.2 Å². The van der Waals surface area contributed by atoms with Crippen LogP contribution in [-0.4, -0.2) is 23.5 Å². The molecule has 0 radical (unpaired) electrons. The van der Waals surface area contributed by atoms with Gasteiger partial charge in [-0.1, -0.05) is 28.4 Å². The highest BCUT2D eigenvalue weighted by Gasteiger charge is 2.16. The van der Waals surface area contributed by atoms with Gasteiger partial charge in [0.2, 0.25) is 0 Å². The van der Waals surface area contributed by atoms with Gasteiger partial charge in [0.05, 0.1) is 0 Å². The van der Waals surface area contributed by atoms with Gasteiger partial charge in [0.25, 0.3) is 5.91 Å². The van der Waals surface area contributed by atoms with Crippen LogP contribution in [0.1, 0.15) is 35.2 Å². The zero-order valence-electron chi connectivity index (χ0n) is 10.5. The number of hydrogen-bond donors (Lipinski definition) is 1. The van der Waals surface area contributed by atoms with E-state index in [1.54, 1.807) is 0 Å². The van der Waals surface area contributed by atoms with E-state index in [4.69, 9.17) is 0 Å². The van der Waals surface area contributed by atoms with E-state index in [9.17, 15) is 4.79 Å². The monoisotopic (exact) mass is 327 g/mol. The Kier molecular flexibility index (Phi) is 5.13. The number of aryl methyl sites for hydroxylation is 1. The molecule has 4 heteroatoms. The highest BCUT2D eigenvalue weighted by Crippen LogP contribution is 2.24. The first-order chi connectivity index (χ1) is 8.66. The lowest BCUT2D eigenvalue weighted by molar-refractivity contribution is 0.0952. The van der Waals surface area contributed by atoms with Crippen LogP contribution in [0.15, 0.2) is 22.7 Å². The minimum Gasteiger partial charge on any atom is -0.351 e. The Labute approximate surface area is 121 Å². The Morgan fingerprint density at radius 3 is 3.06 bits per heavy atom. The van der Waals surface area contributed by atoms with Gasteiger partial charge in [0.15, 0.2) is 0 Å². The second-order valence-corrected chi connectivity index (χ2v) is 6.98. The molecule has 1 amide bonds. The van der Waals surface area contributed by atoms with Crippen LogP contribution >= 0.6 is 27.7 Å². The lowest BCUT2D eigenvalue weighted by Crippen LogP contribution is -2.32. The third-order valence-corrected chi connectivity index (χ3v) is 5.10. The molecule has 0 bridgehead atoms. The van der Waals surface area contributed by atoms with Crippen molar-refractivity contribution >= 4 is 33.6 Å². The lowest BCUT2D eigenvalue weighted by Gasteiger charge is -2.21. The molecule has 1 saturated heterocycles. The summed E-state index contributed by atoms with van der Waals surface area (Å²) in [6.45, 7) is 2.76. The minimum atomic E-state index is 0.0416. The van der Waals surface area contributed by atoms with Gasteiger partial charge in [-0.3, -0.25) is 4.79 Å². The average molecular weight is 328 g/mol. The molecule has 0 aromatic heterocycles. The van der Waals surface area contributed by atoms with E-state index in [-0.39, 0.29) is 5.91 Å². The molecule has 1 aliphatic rings. The van der Waals surface area contributed by atoms with E-state index >= 15 is 0 Å². The fraction of sp³-hybridized carbons (Fsp3) is 0.500. The Balaban J connectivity index is 1.92. The Hall–Kier alpha value is -0.480. The van der Waals surface area contributed by atoms with Gasteiger partial charge in [0.1, 0.15) is 0 Å². The normalized spacial score (nSPS) is 19.6. The number of carbonyl (C=O) groups excluding carboxylic acids is 1. The molecule has 2 nitrogen and oxygen atoms in total. The molecule has 1 unspecified atom stereocenters. The van der Waals surface area contributed by atoms with Gasteiger partial charge in [-0.05, 0) is 43.2 Å². The van der Waals surface area contributed by atoms with Crippen molar-refractivity contribution in [1.82, 2.24) is 5.32 Å². The highest BCUT2D eigenvalue weighted by molar-refractivity contribution is 9.10. The molecule has 0 aliphatic carbocycles. The van der Waals surface area contributed by atoms with Gasteiger partial charge >= 0.3 is 0 Å². The largest absolute Gasteiger partial charge is 0.351 e. The predicted molar refractivity (Wildman–Crippen MR) is 81.3 cm³/mol. The maximum atomic E-state index is 12.1. The summed E-state index contributed by atoms with van der Waals surface area (Å²) in [6, 6.07) is 5.82. The Bertz CT molecular complexity index is 430. The Morgan fingerprint density at radius 2 is 2.33 bits per heavy atom. The van der Waals surface area contributed by atoms with Crippen molar-refractivity contribution in [1.29, 1.82) is 0 Å². The van der Waals surface area contributed by atoms with E-state index in [1.807, 2.05) is 36.9 Å². The van der Waals surface area contributed by atoms with Crippen LogP contribution in [0.2, 0.25) is 0 Å². The van der Waals surface area contributed by atoms with Gasteiger partial charge in [-0.15, -0.1) is 0 Å². The summed E-state index contributed by atoms with van der Waals surface area (Å²) in [5.74, 6) is 1.27. The van der Waals surface area contributed by atoms with Gasteiger partial charge in [-0.2, -0.15) is 11.8 Å².